The minimum atomic E-state index is -4.87. The summed E-state index contributed by atoms with van der Waals surface area (Å²) in [6, 6.07) is 5.46. The molecule has 0 unspecified atom stereocenters. The summed E-state index contributed by atoms with van der Waals surface area (Å²) in [5.74, 6) is -0.0974. The smallest absolute Gasteiger partial charge is 0.418 e. The highest BCUT2D eigenvalue weighted by atomic mass is 32.2. The Labute approximate surface area is 165 Å². The van der Waals surface area contributed by atoms with Crippen LogP contribution < -0.4 is 5.32 Å². The number of thioether (sulfide) groups is 1. The van der Waals surface area contributed by atoms with Gasteiger partial charge >= 0.3 is 6.18 Å². The summed E-state index contributed by atoms with van der Waals surface area (Å²) in [7, 11) is 1.65. The molecule has 2 heterocycles. The Morgan fingerprint density at radius 2 is 2.10 bits per heavy atom. The number of benzene rings is 1. The minimum absolute atomic E-state index is 0.252. The van der Waals surface area contributed by atoms with E-state index in [0.717, 1.165) is 23.9 Å². The Balaban J connectivity index is 1.71. The van der Waals surface area contributed by atoms with Crippen molar-refractivity contribution in [2.75, 3.05) is 11.1 Å². The maximum Gasteiger partial charge on any atom is 0.418 e. The monoisotopic (exact) mass is 427 g/mol. The summed E-state index contributed by atoms with van der Waals surface area (Å²) in [5, 5.41) is 21.1. The van der Waals surface area contributed by atoms with Gasteiger partial charge in [-0.1, -0.05) is 11.8 Å². The number of amides is 1. The van der Waals surface area contributed by atoms with Crippen LogP contribution in [0.1, 0.15) is 5.56 Å². The molecule has 0 aliphatic carbocycles. The molecular formula is C16H12F3N5O4S. The number of nitro groups is 1. The average Bonchev–Trinajstić information content (AvgIpc) is 3.29. The molecule has 0 spiro atoms. The molecule has 0 radical (unpaired) electrons. The van der Waals surface area contributed by atoms with Crippen LogP contribution in [-0.4, -0.2) is 31.3 Å². The highest BCUT2D eigenvalue weighted by molar-refractivity contribution is 7.99. The third kappa shape index (κ3) is 4.56. The Morgan fingerprint density at radius 3 is 2.72 bits per heavy atom. The maximum atomic E-state index is 13.2. The standard InChI is InChI=1S/C16H12F3N5O4S/c1-23-14(12-3-2-6-28-12)21-22-15(23)29-8-13(25)20-11-5-4-9(24(26)27)7-10(11)16(17,18)19/h2-7H,8H2,1H3,(H,20,25). The number of anilines is 1. The van der Waals surface area contributed by atoms with Crippen molar-refractivity contribution in [2.24, 2.45) is 7.05 Å². The Morgan fingerprint density at radius 1 is 1.34 bits per heavy atom. The fraction of sp³-hybridized carbons (Fsp3) is 0.188. The molecule has 1 aromatic carbocycles. The predicted molar refractivity (Wildman–Crippen MR) is 96.2 cm³/mol. The van der Waals surface area contributed by atoms with E-state index in [-0.39, 0.29) is 5.75 Å². The first-order valence-corrected chi connectivity index (χ1v) is 8.87. The molecule has 0 fully saturated rings. The van der Waals surface area contributed by atoms with Crippen LogP contribution in [0, 0.1) is 10.1 Å². The molecule has 9 nitrogen and oxygen atoms in total. The third-order valence-corrected chi connectivity index (χ3v) is 4.72. The van der Waals surface area contributed by atoms with Crippen LogP contribution in [0.3, 0.4) is 0 Å². The van der Waals surface area contributed by atoms with E-state index >= 15 is 0 Å². The number of alkyl halides is 3. The third-order valence-electron chi connectivity index (χ3n) is 3.70. The van der Waals surface area contributed by atoms with Crippen molar-refractivity contribution in [1.82, 2.24) is 14.8 Å². The number of hydrogen-bond acceptors (Lipinski definition) is 7. The number of nitrogens with zero attached hydrogens (tertiary/aromatic N) is 4. The lowest BCUT2D eigenvalue weighted by Crippen LogP contribution is -2.18. The lowest BCUT2D eigenvalue weighted by Gasteiger charge is -2.13. The molecule has 0 saturated heterocycles. The highest BCUT2D eigenvalue weighted by Gasteiger charge is 2.35. The first-order chi connectivity index (χ1) is 13.7. The topological polar surface area (TPSA) is 116 Å². The second kappa shape index (κ2) is 7.95. The summed E-state index contributed by atoms with van der Waals surface area (Å²) in [5.41, 5.74) is -2.60. The van der Waals surface area contributed by atoms with Gasteiger partial charge in [0.15, 0.2) is 16.7 Å². The second-order valence-electron chi connectivity index (χ2n) is 5.66. The Hall–Kier alpha value is -3.35. The summed E-state index contributed by atoms with van der Waals surface area (Å²) in [4.78, 5) is 21.9. The van der Waals surface area contributed by atoms with Crippen molar-refractivity contribution in [1.29, 1.82) is 0 Å². The van der Waals surface area contributed by atoms with Crippen molar-refractivity contribution < 1.29 is 27.3 Å². The predicted octanol–water partition coefficient (Wildman–Crippen LogP) is 3.73. The van der Waals surface area contributed by atoms with Gasteiger partial charge in [0.05, 0.1) is 28.2 Å². The number of carbonyl (C=O) groups excluding carboxylic acids is 1. The molecule has 1 amide bonds. The molecule has 0 saturated carbocycles. The molecular weight excluding hydrogens is 415 g/mol. The number of carbonyl (C=O) groups is 1. The normalized spacial score (nSPS) is 11.4. The van der Waals surface area contributed by atoms with Crippen LogP contribution in [-0.2, 0) is 18.0 Å². The lowest BCUT2D eigenvalue weighted by molar-refractivity contribution is -0.385. The summed E-state index contributed by atoms with van der Waals surface area (Å²) >= 11 is 0.960. The molecule has 152 valence electrons. The number of non-ortho nitro benzene ring substituents is 1. The lowest BCUT2D eigenvalue weighted by atomic mass is 10.1. The van der Waals surface area contributed by atoms with E-state index in [2.05, 4.69) is 15.5 Å². The number of nitro benzene ring substituents is 1. The van der Waals surface area contributed by atoms with E-state index in [1.165, 1.54) is 6.26 Å². The molecule has 1 N–H and O–H groups in total. The van der Waals surface area contributed by atoms with Crippen LogP contribution in [0.25, 0.3) is 11.6 Å². The van der Waals surface area contributed by atoms with Crippen molar-refractivity contribution in [3.05, 3.63) is 52.3 Å². The maximum absolute atomic E-state index is 13.2. The largest absolute Gasteiger partial charge is 0.461 e. The van der Waals surface area contributed by atoms with Crippen LogP contribution >= 0.6 is 11.8 Å². The van der Waals surface area contributed by atoms with Gasteiger partial charge in [-0.25, -0.2) is 0 Å². The van der Waals surface area contributed by atoms with E-state index in [1.54, 1.807) is 23.7 Å². The first kappa shape index (κ1) is 20.4. The molecule has 0 aliphatic heterocycles. The summed E-state index contributed by atoms with van der Waals surface area (Å²) in [6.07, 6.45) is -3.41. The highest BCUT2D eigenvalue weighted by Crippen LogP contribution is 2.37. The summed E-state index contributed by atoms with van der Waals surface area (Å²) < 4.78 is 46.3. The van der Waals surface area contributed by atoms with Crippen molar-refractivity contribution in [3.63, 3.8) is 0 Å². The number of hydrogen-bond donors (Lipinski definition) is 1. The van der Waals surface area contributed by atoms with E-state index in [9.17, 15) is 28.1 Å². The molecule has 0 aliphatic rings. The van der Waals surface area contributed by atoms with Crippen LogP contribution in [0.5, 0.6) is 0 Å². The number of rotatable bonds is 6. The van der Waals surface area contributed by atoms with Gasteiger partial charge in [-0.3, -0.25) is 14.9 Å². The van der Waals surface area contributed by atoms with E-state index in [0.29, 0.717) is 22.8 Å². The second-order valence-corrected chi connectivity index (χ2v) is 6.61. The first-order valence-electron chi connectivity index (χ1n) is 7.88. The average molecular weight is 427 g/mol. The Bertz CT molecular complexity index is 1050. The van der Waals surface area contributed by atoms with Gasteiger partial charge in [0, 0.05) is 19.2 Å². The molecule has 3 aromatic rings. The molecule has 13 heteroatoms. The molecule has 2 aromatic heterocycles. The van der Waals surface area contributed by atoms with Gasteiger partial charge < -0.3 is 14.3 Å². The number of halogens is 3. The van der Waals surface area contributed by atoms with Gasteiger partial charge in [0.1, 0.15) is 0 Å². The quantitative estimate of drug-likeness (QED) is 0.362. The summed E-state index contributed by atoms with van der Waals surface area (Å²) in [6.45, 7) is 0. The number of furan rings is 1. The molecule has 0 bridgehead atoms. The van der Waals surface area contributed by atoms with Crippen molar-refractivity contribution in [2.45, 2.75) is 11.3 Å². The van der Waals surface area contributed by atoms with Crippen molar-refractivity contribution in [3.8, 4) is 11.6 Å². The SMILES string of the molecule is Cn1c(SCC(=O)Nc2ccc([N+](=O)[O-])cc2C(F)(F)F)nnc1-c1ccco1. The number of aromatic nitrogens is 3. The fourth-order valence-electron chi connectivity index (χ4n) is 2.37. The molecule has 0 atom stereocenters. The minimum Gasteiger partial charge on any atom is -0.461 e. The van der Waals surface area contributed by atoms with Gasteiger partial charge in [0.2, 0.25) is 5.91 Å². The number of nitrogens with one attached hydrogen (secondary N) is 1. The van der Waals surface area contributed by atoms with Crippen LogP contribution in [0.15, 0.2) is 46.2 Å². The van der Waals surface area contributed by atoms with Gasteiger partial charge in [-0.15, -0.1) is 10.2 Å². The molecule has 3 rings (SSSR count). The fourth-order valence-corrected chi connectivity index (χ4v) is 3.08. The van der Waals surface area contributed by atoms with E-state index in [1.807, 2.05) is 0 Å². The molecule has 29 heavy (non-hydrogen) atoms. The van der Waals surface area contributed by atoms with Gasteiger partial charge in [-0.2, -0.15) is 13.2 Å². The van der Waals surface area contributed by atoms with Gasteiger partial charge in [-0.05, 0) is 18.2 Å². The zero-order valence-corrected chi connectivity index (χ0v) is 15.5. The van der Waals surface area contributed by atoms with Crippen LogP contribution in [0.4, 0.5) is 24.5 Å². The van der Waals surface area contributed by atoms with Gasteiger partial charge in [0.25, 0.3) is 5.69 Å². The Kier molecular flexibility index (Phi) is 5.59. The zero-order valence-electron chi connectivity index (χ0n) is 14.6. The zero-order chi connectivity index (χ0) is 21.2. The van der Waals surface area contributed by atoms with E-state index < -0.39 is 33.9 Å². The van der Waals surface area contributed by atoms with E-state index in [4.69, 9.17) is 4.42 Å². The van der Waals surface area contributed by atoms with Crippen LogP contribution in [0.2, 0.25) is 0 Å². The van der Waals surface area contributed by atoms with Crippen molar-refractivity contribution >= 4 is 29.0 Å².